The first-order chi connectivity index (χ1) is 10.1. The van der Waals surface area contributed by atoms with Crippen LogP contribution in [0.3, 0.4) is 0 Å². The predicted molar refractivity (Wildman–Crippen MR) is 96.3 cm³/mol. The fourth-order valence-electron chi connectivity index (χ4n) is 1.11. The lowest BCUT2D eigenvalue weighted by atomic mass is 10.3. The van der Waals surface area contributed by atoms with E-state index in [0.717, 1.165) is 0 Å². The minimum Gasteiger partial charge on any atom is -0.506 e. The molecular weight excluding hydrogens is 460 g/mol. The van der Waals surface area contributed by atoms with Gasteiger partial charge in [0.2, 0.25) is 0 Å². The van der Waals surface area contributed by atoms with E-state index in [0.29, 0.717) is 5.02 Å². The van der Waals surface area contributed by atoms with Crippen molar-refractivity contribution in [3.63, 3.8) is 0 Å². The van der Waals surface area contributed by atoms with E-state index in [1.807, 2.05) is 0 Å². The highest BCUT2D eigenvalue weighted by Gasteiger charge is 2.18. The first kappa shape index (κ1) is 20.4. The Hall–Kier alpha value is 0.360. The van der Waals surface area contributed by atoms with Crippen LogP contribution in [0.2, 0.25) is 40.2 Å². The van der Waals surface area contributed by atoms with Crippen molar-refractivity contribution in [3.8, 4) is 11.5 Å². The van der Waals surface area contributed by atoms with Crippen molar-refractivity contribution in [3.05, 3.63) is 52.3 Å². The second-order valence-corrected chi connectivity index (χ2v) is 6.67. The molecule has 0 aromatic heterocycles. The molecule has 120 valence electrons. The monoisotopic (exact) mass is 460 g/mol. The maximum absolute atomic E-state index is 9.20. The molecule has 0 radical (unpaired) electrons. The Morgan fingerprint density at radius 3 is 1.32 bits per heavy atom. The van der Waals surface area contributed by atoms with Gasteiger partial charge >= 0.3 is 0 Å². The van der Waals surface area contributed by atoms with Gasteiger partial charge in [0.1, 0.15) is 20.8 Å². The van der Waals surface area contributed by atoms with E-state index in [1.54, 1.807) is 0 Å². The fraction of sp³-hybridized carbons (Fsp3) is 0. The molecule has 0 bridgehead atoms. The average molecular weight is 464 g/mol. The first-order valence-electron chi connectivity index (χ1n) is 5.12. The summed E-state index contributed by atoms with van der Waals surface area (Å²) in [5.74, 6) is -0.422. The Balaban J connectivity index is 0.000000224. The van der Waals surface area contributed by atoms with Crippen molar-refractivity contribution in [2.45, 2.75) is 0 Å². The molecular formula is C12H4Cl8O2. The van der Waals surface area contributed by atoms with Gasteiger partial charge in [-0.3, -0.25) is 0 Å². The third-order valence-electron chi connectivity index (χ3n) is 2.20. The molecule has 2 N–H and O–H groups in total. The van der Waals surface area contributed by atoms with E-state index >= 15 is 0 Å². The van der Waals surface area contributed by atoms with Gasteiger partial charge in [0, 0.05) is 0 Å². The van der Waals surface area contributed by atoms with Crippen LogP contribution in [0.4, 0.5) is 0 Å². The number of phenols is 2. The fourth-order valence-corrected chi connectivity index (χ4v) is 2.77. The molecule has 0 amide bonds. The normalized spacial score (nSPS) is 10.2. The highest BCUT2D eigenvalue weighted by Crippen LogP contribution is 2.47. The van der Waals surface area contributed by atoms with Gasteiger partial charge in [-0.2, -0.15) is 0 Å². The molecule has 0 saturated heterocycles. The third kappa shape index (κ3) is 4.46. The molecule has 2 rings (SSSR count). The quantitative estimate of drug-likeness (QED) is 0.307. The highest BCUT2D eigenvalue weighted by molar-refractivity contribution is 6.55. The second kappa shape index (κ2) is 8.46. The largest absolute Gasteiger partial charge is 0.506 e. The Morgan fingerprint density at radius 2 is 0.909 bits per heavy atom. The Kier molecular flexibility index (Phi) is 7.84. The molecule has 0 atom stereocenters. The molecule has 0 spiro atoms. The van der Waals surface area contributed by atoms with Gasteiger partial charge in [-0.15, -0.1) is 0 Å². The summed E-state index contributed by atoms with van der Waals surface area (Å²) < 4.78 is 0. The van der Waals surface area contributed by atoms with E-state index in [1.165, 1.54) is 12.1 Å². The summed E-state index contributed by atoms with van der Waals surface area (Å²) in [6.45, 7) is 0. The molecule has 0 unspecified atom stereocenters. The average Bonchev–Trinajstić information content (AvgIpc) is 2.51. The number of benzene rings is 2. The predicted octanol–water partition coefficient (Wildman–Crippen LogP) is 8.01. The molecule has 0 fully saturated rings. The molecule has 0 aliphatic heterocycles. The van der Waals surface area contributed by atoms with Crippen LogP contribution in [-0.2, 0) is 0 Å². The van der Waals surface area contributed by atoms with Crippen molar-refractivity contribution in [2.75, 3.05) is 0 Å². The van der Waals surface area contributed by atoms with Crippen LogP contribution in [0.15, 0.2) is 12.1 Å². The van der Waals surface area contributed by atoms with E-state index < -0.39 is 0 Å². The number of phenolic OH excluding ortho intramolecular Hbond substituents is 2. The van der Waals surface area contributed by atoms with Gasteiger partial charge in [0.25, 0.3) is 0 Å². The standard InChI is InChI=1S/C6HCl5O.C6H3Cl3O/c7-1-2(8)4(10)6(12)5(11)3(1)9;7-3-1-2-4(10)6(9)5(3)8/h12H;1-2,10H. The zero-order valence-electron chi connectivity index (χ0n) is 10.1. The molecule has 2 aromatic rings. The molecule has 22 heavy (non-hydrogen) atoms. The summed E-state index contributed by atoms with van der Waals surface area (Å²) in [6, 6.07) is 2.86. The lowest BCUT2D eigenvalue weighted by Crippen LogP contribution is -1.78. The molecule has 2 aromatic carbocycles. The molecule has 0 aliphatic rings. The first-order valence-corrected chi connectivity index (χ1v) is 8.14. The summed E-state index contributed by atoms with van der Waals surface area (Å²) in [4.78, 5) is 0. The molecule has 0 aliphatic carbocycles. The minimum atomic E-state index is -0.363. The second-order valence-electron chi connectivity index (χ2n) is 3.61. The van der Waals surface area contributed by atoms with Crippen molar-refractivity contribution in [2.24, 2.45) is 0 Å². The summed E-state index contributed by atoms with van der Waals surface area (Å²) in [7, 11) is 0. The van der Waals surface area contributed by atoms with Crippen LogP contribution >= 0.6 is 92.8 Å². The number of halogens is 8. The zero-order valence-corrected chi connectivity index (χ0v) is 16.1. The number of aromatic hydroxyl groups is 2. The smallest absolute Gasteiger partial charge is 0.155 e. The summed E-state index contributed by atoms with van der Waals surface area (Å²) in [5, 5.41) is 18.6. The van der Waals surface area contributed by atoms with Crippen molar-refractivity contribution in [1.82, 2.24) is 0 Å². The van der Waals surface area contributed by atoms with Gasteiger partial charge in [-0.1, -0.05) is 92.8 Å². The minimum absolute atomic E-state index is 0.00904. The third-order valence-corrected chi connectivity index (χ3v) is 5.74. The maximum Gasteiger partial charge on any atom is 0.155 e. The molecule has 0 heterocycles. The van der Waals surface area contributed by atoms with Crippen LogP contribution in [0.5, 0.6) is 11.5 Å². The molecule has 2 nitrogen and oxygen atoms in total. The summed E-state index contributed by atoms with van der Waals surface area (Å²) in [5.41, 5.74) is 0. The number of hydrogen-bond donors (Lipinski definition) is 2. The number of rotatable bonds is 0. The summed E-state index contributed by atoms with van der Waals surface area (Å²) >= 11 is 44.5. The zero-order chi connectivity index (χ0) is 17.2. The van der Waals surface area contributed by atoms with E-state index in [9.17, 15) is 5.11 Å². The maximum atomic E-state index is 9.20. The van der Waals surface area contributed by atoms with Gasteiger partial charge < -0.3 is 10.2 Å². The van der Waals surface area contributed by atoms with Crippen LogP contribution in [0.1, 0.15) is 0 Å². The SMILES string of the molecule is Oc1c(Cl)c(Cl)c(Cl)c(Cl)c1Cl.Oc1ccc(Cl)c(Cl)c1Cl. The van der Waals surface area contributed by atoms with Gasteiger partial charge in [0.15, 0.2) is 5.75 Å². The van der Waals surface area contributed by atoms with Crippen molar-refractivity contribution >= 4 is 92.8 Å². The van der Waals surface area contributed by atoms with Crippen molar-refractivity contribution in [1.29, 1.82) is 0 Å². The Labute approximate surface area is 166 Å². The van der Waals surface area contributed by atoms with Crippen molar-refractivity contribution < 1.29 is 10.2 Å². The molecule has 0 saturated carbocycles. The van der Waals surface area contributed by atoms with E-state index in [2.05, 4.69) is 0 Å². The van der Waals surface area contributed by atoms with Gasteiger partial charge in [0.05, 0.1) is 25.1 Å². The van der Waals surface area contributed by atoms with Crippen LogP contribution in [0.25, 0.3) is 0 Å². The van der Waals surface area contributed by atoms with Crippen LogP contribution < -0.4 is 0 Å². The highest BCUT2D eigenvalue weighted by atomic mass is 35.5. The van der Waals surface area contributed by atoms with Crippen LogP contribution in [-0.4, -0.2) is 10.2 Å². The lowest BCUT2D eigenvalue weighted by Gasteiger charge is -2.06. The number of hydrogen-bond acceptors (Lipinski definition) is 2. The van der Waals surface area contributed by atoms with E-state index in [-0.39, 0.29) is 46.7 Å². The Bertz CT molecular complexity index is 585. The van der Waals surface area contributed by atoms with Gasteiger partial charge in [-0.05, 0) is 12.1 Å². The van der Waals surface area contributed by atoms with E-state index in [4.69, 9.17) is 97.9 Å². The lowest BCUT2D eigenvalue weighted by molar-refractivity contribution is 0.475. The topological polar surface area (TPSA) is 40.5 Å². The summed E-state index contributed by atoms with van der Waals surface area (Å²) in [6.07, 6.45) is 0. The van der Waals surface area contributed by atoms with Crippen LogP contribution in [0, 0.1) is 0 Å². The molecule has 10 heteroatoms. The Morgan fingerprint density at radius 1 is 0.500 bits per heavy atom. The van der Waals surface area contributed by atoms with Gasteiger partial charge in [-0.25, -0.2) is 0 Å².